The minimum absolute atomic E-state index is 0.0914. The molecule has 11 heavy (non-hydrogen) atoms. The third-order valence-corrected chi connectivity index (χ3v) is 1.61. The molecule has 1 aliphatic carbocycles. The lowest BCUT2D eigenvalue weighted by Gasteiger charge is -2.10. The highest BCUT2D eigenvalue weighted by Crippen LogP contribution is 2.15. The summed E-state index contributed by atoms with van der Waals surface area (Å²) in [6, 6.07) is 0. The van der Waals surface area contributed by atoms with Crippen LogP contribution in [0.4, 0.5) is 0 Å². The Morgan fingerprint density at radius 1 is 1.73 bits per heavy atom. The van der Waals surface area contributed by atoms with Crippen LogP contribution >= 0.6 is 0 Å². The molecule has 1 rings (SSSR count). The second-order valence-corrected chi connectivity index (χ2v) is 2.59. The molecule has 0 saturated carbocycles. The smallest absolute Gasteiger partial charge is 0.303 e. The Bertz CT molecular complexity index is 214. The molecule has 60 valence electrons. The summed E-state index contributed by atoms with van der Waals surface area (Å²) < 4.78 is 4.98. The molecular weight excluding hydrogens is 140 g/mol. The van der Waals surface area contributed by atoms with Gasteiger partial charge in [-0.15, -0.1) is 0 Å². The van der Waals surface area contributed by atoms with E-state index in [1.54, 1.807) is 0 Å². The summed E-state index contributed by atoms with van der Waals surface area (Å²) in [5, 5.41) is 0. The Hall–Kier alpha value is -1.05. The maximum atomic E-state index is 10.5. The second kappa shape index (κ2) is 3.37. The van der Waals surface area contributed by atoms with Gasteiger partial charge >= 0.3 is 5.97 Å². The van der Waals surface area contributed by atoms with Crippen molar-refractivity contribution in [2.75, 3.05) is 0 Å². The molecule has 0 saturated heterocycles. The van der Waals surface area contributed by atoms with E-state index in [0.29, 0.717) is 0 Å². The van der Waals surface area contributed by atoms with Gasteiger partial charge in [0.1, 0.15) is 6.10 Å². The van der Waals surface area contributed by atoms with E-state index in [1.807, 2.05) is 13.0 Å². The van der Waals surface area contributed by atoms with Crippen LogP contribution in [0.15, 0.2) is 23.8 Å². The Kier molecular flexibility index (Phi) is 2.47. The molecule has 0 aromatic heterocycles. The summed E-state index contributed by atoms with van der Waals surface area (Å²) >= 11 is 0. The first-order valence-corrected chi connectivity index (χ1v) is 3.74. The molecule has 1 atom stereocenters. The minimum Gasteiger partial charge on any atom is -0.458 e. The summed E-state index contributed by atoms with van der Waals surface area (Å²) in [5.41, 5.74) is 1.10. The Morgan fingerprint density at radius 3 is 2.91 bits per heavy atom. The van der Waals surface area contributed by atoms with Crippen molar-refractivity contribution in [3.63, 3.8) is 0 Å². The maximum Gasteiger partial charge on any atom is 0.303 e. The molecule has 0 amide bonds. The fourth-order valence-electron chi connectivity index (χ4n) is 1.09. The quantitative estimate of drug-likeness (QED) is 0.564. The fourth-order valence-corrected chi connectivity index (χ4v) is 1.09. The standard InChI is InChI=1S/C9H12O2/c1-7(11-8(2)10)9-5-3-4-6-9/h3,5-7H,4H2,1-2H3/t7-/m0/s1. The maximum absolute atomic E-state index is 10.5. The largest absolute Gasteiger partial charge is 0.458 e. The van der Waals surface area contributed by atoms with Crippen LogP contribution in [0.25, 0.3) is 0 Å². The van der Waals surface area contributed by atoms with Gasteiger partial charge in [0.2, 0.25) is 0 Å². The van der Waals surface area contributed by atoms with E-state index < -0.39 is 0 Å². The predicted octanol–water partition coefficient (Wildman–Crippen LogP) is 1.82. The molecule has 0 spiro atoms. The van der Waals surface area contributed by atoms with Crippen molar-refractivity contribution in [3.8, 4) is 0 Å². The van der Waals surface area contributed by atoms with Crippen molar-refractivity contribution in [1.29, 1.82) is 0 Å². The molecule has 1 aliphatic rings. The van der Waals surface area contributed by atoms with Crippen LogP contribution in [0, 0.1) is 0 Å². The molecular formula is C9H12O2. The number of ether oxygens (including phenoxy) is 1. The van der Waals surface area contributed by atoms with E-state index >= 15 is 0 Å². The molecule has 0 bridgehead atoms. The van der Waals surface area contributed by atoms with Crippen molar-refractivity contribution in [1.82, 2.24) is 0 Å². The number of esters is 1. The van der Waals surface area contributed by atoms with Crippen molar-refractivity contribution >= 4 is 5.97 Å². The molecule has 2 heteroatoms. The summed E-state index contributed by atoms with van der Waals surface area (Å²) in [7, 11) is 0. The zero-order valence-electron chi connectivity index (χ0n) is 6.83. The first-order valence-electron chi connectivity index (χ1n) is 3.74. The molecule has 0 fully saturated rings. The SMILES string of the molecule is CC(=O)O[C@@H](C)C1=CCC=C1. The van der Waals surface area contributed by atoms with Gasteiger partial charge in [-0.2, -0.15) is 0 Å². The van der Waals surface area contributed by atoms with E-state index in [1.165, 1.54) is 6.92 Å². The molecule has 0 heterocycles. The van der Waals surface area contributed by atoms with Crippen molar-refractivity contribution in [3.05, 3.63) is 23.8 Å². The summed E-state index contributed by atoms with van der Waals surface area (Å²) in [6.07, 6.45) is 6.98. The zero-order chi connectivity index (χ0) is 8.27. The van der Waals surface area contributed by atoms with E-state index in [9.17, 15) is 4.79 Å². The highest BCUT2D eigenvalue weighted by molar-refractivity contribution is 5.66. The highest BCUT2D eigenvalue weighted by Gasteiger charge is 2.10. The van der Waals surface area contributed by atoms with E-state index in [2.05, 4.69) is 12.2 Å². The fraction of sp³-hybridized carbons (Fsp3) is 0.444. The van der Waals surface area contributed by atoms with Crippen molar-refractivity contribution < 1.29 is 9.53 Å². The number of carbonyl (C=O) groups excluding carboxylic acids is 1. The molecule has 0 N–H and O–H groups in total. The van der Waals surface area contributed by atoms with Crippen LogP contribution < -0.4 is 0 Å². The van der Waals surface area contributed by atoms with Gasteiger partial charge in [-0.25, -0.2) is 0 Å². The molecule has 0 aliphatic heterocycles. The Labute approximate surface area is 66.5 Å². The third-order valence-electron chi connectivity index (χ3n) is 1.61. The number of hydrogen-bond donors (Lipinski definition) is 0. The number of hydrogen-bond acceptors (Lipinski definition) is 2. The van der Waals surface area contributed by atoms with Crippen molar-refractivity contribution in [2.24, 2.45) is 0 Å². The van der Waals surface area contributed by atoms with Crippen LogP contribution in [0.3, 0.4) is 0 Å². The Balaban J connectivity index is 2.47. The van der Waals surface area contributed by atoms with Gasteiger partial charge in [-0.3, -0.25) is 4.79 Å². The first-order chi connectivity index (χ1) is 5.20. The first kappa shape index (κ1) is 8.05. The van der Waals surface area contributed by atoms with E-state index in [4.69, 9.17) is 4.74 Å². The topological polar surface area (TPSA) is 26.3 Å². The summed E-state index contributed by atoms with van der Waals surface area (Å²) in [4.78, 5) is 10.5. The molecule has 0 radical (unpaired) electrons. The number of allylic oxidation sites excluding steroid dienone is 2. The molecule has 2 nitrogen and oxygen atoms in total. The van der Waals surface area contributed by atoms with Crippen LogP contribution in [0.5, 0.6) is 0 Å². The number of rotatable bonds is 2. The summed E-state index contributed by atoms with van der Waals surface area (Å²) in [6.45, 7) is 3.30. The molecule has 0 aromatic carbocycles. The van der Waals surface area contributed by atoms with Gasteiger partial charge in [0.15, 0.2) is 0 Å². The average molecular weight is 152 g/mol. The number of carbonyl (C=O) groups is 1. The van der Waals surface area contributed by atoms with E-state index in [-0.39, 0.29) is 12.1 Å². The molecule has 0 unspecified atom stereocenters. The lowest BCUT2D eigenvalue weighted by atomic mass is 10.2. The van der Waals surface area contributed by atoms with Crippen LogP contribution in [0.1, 0.15) is 20.3 Å². The van der Waals surface area contributed by atoms with Gasteiger partial charge in [0, 0.05) is 6.92 Å². The Morgan fingerprint density at radius 2 is 2.45 bits per heavy atom. The van der Waals surface area contributed by atoms with Crippen LogP contribution in [-0.2, 0) is 9.53 Å². The summed E-state index contributed by atoms with van der Waals surface area (Å²) in [5.74, 6) is -0.223. The van der Waals surface area contributed by atoms with Gasteiger partial charge in [0.05, 0.1) is 0 Å². The van der Waals surface area contributed by atoms with Gasteiger partial charge in [-0.05, 0) is 18.9 Å². The predicted molar refractivity (Wildman–Crippen MR) is 43.1 cm³/mol. The monoisotopic (exact) mass is 152 g/mol. The van der Waals surface area contributed by atoms with Gasteiger partial charge < -0.3 is 4.74 Å². The van der Waals surface area contributed by atoms with Gasteiger partial charge in [-0.1, -0.05) is 18.2 Å². The van der Waals surface area contributed by atoms with Crippen LogP contribution in [0.2, 0.25) is 0 Å². The zero-order valence-corrected chi connectivity index (χ0v) is 6.83. The van der Waals surface area contributed by atoms with Gasteiger partial charge in [0.25, 0.3) is 0 Å². The minimum atomic E-state index is -0.223. The second-order valence-electron chi connectivity index (χ2n) is 2.59. The van der Waals surface area contributed by atoms with Crippen LogP contribution in [-0.4, -0.2) is 12.1 Å². The third kappa shape index (κ3) is 2.22. The lowest BCUT2D eigenvalue weighted by Crippen LogP contribution is -2.13. The van der Waals surface area contributed by atoms with E-state index in [0.717, 1.165) is 12.0 Å². The van der Waals surface area contributed by atoms with Crippen molar-refractivity contribution in [2.45, 2.75) is 26.4 Å². The highest BCUT2D eigenvalue weighted by atomic mass is 16.5. The average Bonchev–Trinajstić information content (AvgIpc) is 2.35. The normalized spacial score (nSPS) is 17.8. The molecule has 0 aromatic rings. The lowest BCUT2D eigenvalue weighted by molar-refractivity contribution is -0.143.